The van der Waals surface area contributed by atoms with Crippen molar-refractivity contribution in [2.24, 2.45) is 11.8 Å². The van der Waals surface area contributed by atoms with E-state index < -0.39 is 11.9 Å². The largest absolute Gasteiger partial charge is 0.481 e. The standard InChI is InChI=1S/C17H23NO4S/c1-12-2-4-14(5-3-12)23-11-16(19)18-10-15(17(20)21)13-6-8-22-9-7-13/h2-5,13,15H,6-11H2,1H3,(H,18,19)(H,20,21). The van der Waals surface area contributed by atoms with Gasteiger partial charge in [0, 0.05) is 24.7 Å². The Kier molecular flexibility index (Phi) is 6.92. The third-order valence-corrected chi connectivity index (χ3v) is 5.07. The van der Waals surface area contributed by atoms with Crippen LogP contribution in [0.1, 0.15) is 18.4 Å². The first-order valence-corrected chi connectivity index (χ1v) is 8.81. The highest BCUT2D eigenvalue weighted by Crippen LogP contribution is 2.24. The number of rotatable bonds is 7. The van der Waals surface area contributed by atoms with Gasteiger partial charge in [-0.15, -0.1) is 11.8 Å². The molecule has 1 amide bonds. The fourth-order valence-corrected chi connectivity index (χ4v) is 3.36. The number of hydrogen-bond donors (Lipinski definition) is 2. The van der Waals surface area contributed by atoms with Crippen molar-refractivity contribution in [3.8, 4) is 0 Å². The van der Waals surface area contributed by atoms with Crippen LogP contribution in [-0.4, -0.2) is 42.5 Å². The van der Waals surface area contributed by atoms with Crippen molar-refractivity contribution in [2.45, 2.75) is 24.7 Å². The molecule has 0 radical (unpaired) electrons. The lowest BCUT2D eigenvalue weighted by molar-refractivity contribution is -0.144. The number of carboxylic acids is 1. The Labute approximate surface area is 140 Å². The van der Waals surface area contributed by atoms with Gasteiger partial charge in [0.15, 0.2) is 0 Å². The highest BCUT2D eigenvalue weighted by Gasteiger charge is 2.29. The zero-order valence-electron chi connectivity index (χ0n) is 13.3. The third kappa shape index (κ3) is 5.88. The zero-order chi connectivity index (χ0) is 16.7. The van der Waals surface area contributed by atoms with E-state index in [1.807, 2.05) is 31.2 Å². The molecule has 23 heavy (non-hydrogen) atoms. The van der Waals surface area contributed by atoms with Crippen molar-refractivity contribution in [3.63, 3.8) is 0 Å². The molecule has 1 aromatic rings. The molecule has 0 spiro atoms. The van der Waals surface area contributed by atoms with Crippen molar-refractivity contribution in [1.82, 2.24) is 5.32 Å². The van der Waals surface area contributed by atoms with Gasteiger partial charge in [0.05, 0.1) is 11.7 Å². The highest BCUT2D eigenvalue weighted by atomic mass is 32.2. The van der Waals surface area contributed by atoms with Crippen molar-refractivity contribution in [2.75, 3.05) is 25.5 Å². The number of amides is 1. The van der Waals surface area contributed by atoms with E-state index in [2.05, 4.69) is 5.32 Å². The molecule has 0 aromatic heterocycles. The minimum absolute atomic E-state index is 0.0753. The van der Waals surface area contributed by atoms with E-state index in [0.29, 0.717) is 19.0 Å². The van der Waals surface area contributed by atoms with Crippen molar-refractivity contribution in [1.29, 1.82) is 0 Å². The second-order valence-corrected chi connectivity index (χ2v) is 6.85. The van der Waals surface area contributed by atoms with Crippen molar-refractivity contribution < 1.29 is 19.4 Å². The van der Waals surface area contributed by atoms with Gasteiger partial charge in [0.2, 0.25) is 5.91 Å². The number of benzene rings is 1. The Morgan fingerprint density at radius 1 is 1.30 bits per heavy atom. The maximum atomic E-state index is 11.9. The van der Waals surface area contributed by atoms with E-state index in [0.717, 1.165) is 17.7 Å². The number of ether oxygens (including phenoxy) is 1. The van der Waals surface area contributed by atoms with Gasteiger partial charge in [-0.1, -0.05) is 17.7 Å². The van der Waals surface area contributed by atoms with Crippen LogP contribution in [-0.2, 0) is 14.3 Å². The fraction of sp³-hybridized carbons (Fsp3) is 0.529. The monoisotopic (exact) mass is 337 g/mol. The first-order valence-electron chi connectivity index (χ1n) is 7.83. The lowest BCUT2D eigenvalue weighted by Crippen LogP contribution is -2.39. The molecule has 2 rings (SSSR count). The number of carboxylic acid groups (broad SMARTS) is 1. The number of nitrogens with one attached hydrogen (secondary N) is 1. The van der Waals surface area contributed by atoms with Gasteiger partial charge in [-0.2, -0.15) is 0 Å². The van der Waals surface area contributed by atoms with E-state index in [1.165, 1.54) is 17.3 Å². The molecule has 6 heteroatoms. The molecule has 126 valence electrons. The zero-order valence-corrected chi connectivity index (χ0v) is 14.1. The molecule has 0 bridgehead atoms. The first kappa shape index (κ1) is 17.8. The minimum atomic E-state index is -0.844. The summed E-state index contributed by atoms with van der Waals surface area (Å²) in [5.74, 6) is -1.14. The SMILES string of the molecule is Cc1ccc(SCC(=O)NCC(C(=O)O)C2CCOCC2)cc1. The van der Waals surface area contributed by atoms with Gasteiger partial charge >= 0.3 is 5.97 Å². The van der Waals surface area contributed by atoms with Crippen LogP contribution in [0.2, 0.25) is 0 Å². The van der Waals surface area contributed by atoms with Crippen LogP contribution in [0.15, 0.2) is 29.2 Å². The Balaban J connectivity index is 1.77. The first-order chi connectivity index (χ1) is 11.1. The minimum Gasteiger partial charge on any atom is -0.481 e. The number of thioether (sulfide) groups is 1. The highest BCUT2D eigenvalue weighted by molar-refractivity contribution is 8.00. The Bertz CT molecular complexity index is 526. The summed E-state index contributed by atoms with van der Waals surface area (Å²) in [4.78, 5) is 24.4. The van der Waals surface area contributed by atoms with Crippen LogP contribution in [0, 0.1) is 18.8 Å². The third-order valence-electron chi connectivity index (χ3n) is 4.06. The van der Waals surface area contributed by atoms with Gasteiger partial charge in [-0.25, -0.2) is 0 Å². The van der Waals surface area contributed by atoms with Crippen LogP contribution in [0.4, 0.5) is 0 Å². The summed E-state index contributed by atoms with van der Waals surface area (Å²) in [5.41, 5.74) is 1.18. The molecule has 1 unspecified atom stereocenters. The van der Waals surface area contributed by atoms with Crippen LogP contribution >= 0.6 is 11.8 Å². The summed E-state index contributed by atoms with van der Waals surface area (Å²) in [6.45, 7) is 3.41. The maximum Gasteiger partial charge on any atom is 0.308 e. The van der Waals surface area contributed by atoms with Gasteiger partial charge in [0.25, 0.3) is 0 Å². The van der Waals surface area contributed by atoms with Crippen LogP contribution < -0.4 is 5.32 Å². The van der Waals surface area contributed by atoms with Crippen molar-refractivity contribution in [3.05, 3.63) is 29.8 Å². The second-order valence-electron chi connectivity index (χ2n) is 5.80. The fourth-order valence-electron chi connectivity index (χ4n) is 2.63. The summed E-state index contributed by atoms with van der Waals surface area (Å²) in [6.07, 6.45) is 1.48. The Morgan fingerprint density at radius 3 is 2.57 bits per heavy atom. The summed E-state index contributed by atoms with van der Waals surface area (Å²) in [5, 5.41) is 12.1. The van der Waals surface area contributed by atoms with Gasteiger partial charge in [-0.05, 0) is 37.8 Å². The molecule has 1 heterocycles. The number of aryl methyl sites for hydroxylation is 1. The van der Waals surface area contributed by atoms with E-state index in [1.54, 1.807) is 0 Å². The molecular formula is C17H23NO4S. The lowest BCUT2D eigenvalue weighted by Gasteiger charge is -2.27. The molecule has 1 atom stereocenters. The molecule has 1 aromatic carbocycles. The van der Waals surface area contributed by atoms with Crippen LogP contribution in [0.5, 0.6) is 0 Å². The predicted molar refractivity (Wildman–Crippen MR) is 89.6 cm³/mol. The quantitative estimate of drug-likeness (QED) is 0.747. The molecule has 1 fully saturated rings. The average Bonchev–Trinajstić information content (AvgIpc) is 2.55. The summed E-state index contributed by atoms with van der Waals surface area (Å²) >= 11 is 1.45. The summed E-state index contributed by atoms with van der Waals surface area (Å²) in [7, 11) is 0. The number of aliphatic carboxylic acids is 1. The van der Waals surface area contributed by atoms with Crippen LogP contribution in [0.25, 0.3) is 0 Å². The van der Waals surface area contributed by atoms with E-state index in [-0.39, 0.29) is 18.4 Å². The van der Waals surface area contributed by atoms with E-state index >= 15 is 0 Å². The summed E-state index contributed by atoms with van der Waals surface area (Å²) in [6, 6.07) is 7.97. The van der Waals surface area contributed by atoms with E-state index in [9.17, 15) is 14.7 Å². The lowest BCUT2D eigenvalue weighted by atomic mass is 9.86. The molecule has 0 saturated carbocycles. The molecule has 1 aliphatic rings. The Hall–Kier alpha value is -1.53. The molecule has 0 aliphatic carbocycles. The molecular weight excluding hydrogens is 314 g/mol. The van der Waals surface area contributed by atoms with E-state index in [4.69, 9.17) is 4.74 Å². The molecule has 1 saturated heterocycles. The van der Waals surface area contributed by atoms with Gasteiger partial charge in [-0.3, -0.25) is 9.59 Å². The smallest absolute Gasteiger partial charge is 0.308 e. The number of hydrogen-bond acceptors (Lipinski definition) is 4. The normalized spacial score (nSPS) is 16.7. The molecule has 1 aliphatic heterocycles. The predicted octanol–water partition coefficient (Wildman–Crippen LogP) is 2.33. The van der Waals surface area contributed by atoms with Crippen molar-refractivity contribution >= 4 is 23.6 Å². The number of carbonyl (C=O) groups excluding carboxylic acids is 1. The second kappa shape index (κ2) is 8.93. The topological polar surface area (TPSA) is 75.6 Å². The van der Waals surface area contributed by atoms with Gasteiger partial charge in [0.1, 0.15) is 0 Å². The Morgan fingerprint density at radius 2 is 1.96 bits per heavy atom. The van der Waals surface area contributed by atoms with Crippen LogP contribution in [0.3, 0.4) is 0 Å². The van der Waals surface area contributed by atoms with Gasteiger partial charge < -0.3 is 15.2 Å². The molecule has 2 N–H and O–H groups in total. The molecule has 5 nitrogen and oxygen atoms in total. The number of carbonyl (C=O) groups is 2. The maximum absolute atomic E-state index is 11.9. The average molecular weight is 337 g/mol. The summed E-state index contributed by atoms with van der Waals surface area (Å²) < 4.78 is 5.27.